The van der Waals surface area contributed by atoms with Gasteiger partial charge in [0, 0.05) is 0 Å². The summed E-state index contributed by atoms with van der Waals surface area (Å²) in [5.41, 5.74) is 0. The third-order valence-electron chi connectivity index (χ3n) is 1.71. The zero-order chi connectivity index (χ0) is 7.49. The van der Waals surface area contributed by atoms with Gasteiger partial charge in [-0.05, 0) is 0 Å². The molecule has 56 valence electrons. The van der Waals surface area contributed by atoms with Crippen LogP contribution in [0, 0.1) is 0 Å². The molecule has 0 aliphatic heterocycles. The van der Waals surface area contributed by atoms with Crippen LogP contribution in [0.25, 0.3) is 0 Å². The van der Waals surface area contributed by atoms with Crippen molar-refractivity contribution in [3.8, 4) is 0 Å². The van der Waals surface area contributed by atoms with E-state index in [2.05, 4.69) is 30.0 Å². The fraction of sp³-hybridized carbons (Fsp3) is 1.00. The fourth-order valence-corrected chi connectivity index (χ4v) is 8.55. The minimum absolute atomic E-state index is 1.25. The van der Waals surface area contributed by atoms with E-state index in [4.69, 9.17) is 0 Å². The van der Waals surface area contributed by atoms with Crippen molar-refractivity contribution in [2.75, 3.05) is 13.1 Å². The van der Waals surface area contributed by atoms with Crippen molar-refractivity contribution in [1.29, 1.82) is 0 Å². The minimum atomic E-state index is -1.74. The molecule has 0 atom stereocenters. The molecule has 2 heteroatoms. The van der Waals surface area contributed by atoms with Crippen LogP contribution in [0.5, 0.6) is 0 Å². The molecular formula is C7H19NPb. The molecule has 9 heavy (non-hydrogen) atoms. The number of hydrogen-bond donors (Lipinski definition) is 0. The van der Waals surface area contributed by atoms with Gasteiger partial charge >= 0.3 is 64.6 Å². The summed E-state index contributed by atoms with van der Waals surface area (Å²) in [4.78, 5) is 0. The first-order chi connectivity index (χ1) is 4.02. The molecule has 0 amide bonds. The molecule has 0 fully saturated rings. The van der Waals surface area contributed by atoms with Crippen LogP contribution in [0.3, 0.4) is 0 Å². The molecule has 0 aromatic rings. The molecule has 0 aromatic heterocycles. The Balaban J connectivity index is 3.79. The third-order valence-corrected chi connectivity index (χ3v) is 11.5. The molecule has 0 unspecified atom stereocenters. The monoisotopic (exact) mass is 325 g/mol. The van der Waals surface area contributed by atoms with Crippen molar-refractivity contribution < 1.29 is 0 Å². The molecule has 1 nitrogen and oxygen atoms in total. The van der Waals surface area contributed by atoms with Gasteiger partial charge in [-0.25, -0.2) is 0 Å². The first-order valence-electron chi connectivity index (χ1n) is 3.77. The molecule has 0 aliphatic rings. The van der Waals surface area contributed by atoms with E-state index < -0.39 is 21.5 Å². The number of nitrogens with zero attached hydrogens (tertiary/aromatic N) is 1. The molecule has 0 radical (unpaired) electrons. The Kier molecular flexibility index (Phi) is 4.29. The van der Waals surface area contributed by atoms with Crippen LogP contribution in [0.2, 0.25) is 13.4 Å². The average Bonchev–Trinajstić information content (AvgIpc) is 1.65. The summed E-state index contributed by atoms with van der Waals surface area (Å²) in [5.74, 6) is 0. The van der Waals surface area contributed by atoms with Crippen molar-refractivity contribution in [1.82, 2.24) is 2.71 Å². The Bertz CT molecular complexity index is 71.5. The SMILES string of the molecule is CC[N](CC)[Pb]([CH3])([CH3])[CH3]. The normalized spacial score (nSPS) is 12.7. The van der Waals surface area contributed by atoms with Crippen LogP contribution >= 0.6 is 0 Å². The van der Waals surface area contributed by atoms with Gasteiger partial charge in [-0.1, -0.05) is 0 Å². The van der Waals surface area contributed by atoms with Crippen LogP contribution in [0.1, 0.15) is 13.8 Å². The molecule has 0 rings (SSSR count). The van der Waals surface area contributed by atoms with E-state index in [0.29, 0.717) is 0 Å². The van der Waals surface area contributed by atoms with E-state index >= 15 is 0 Å². The van der Waals surface area contributed by atoms with Gasteiger partial charge in [0.15, 0.2) is 0 Å². The molecule has 0 bridgehead atoms. The van der Waals surface area contributed by atoms with Crippen LogP contribution in [-0.4, -0.2) is 37.3 Å². The van der Waals surface area contributed by atoms with Crippen LogP contribution < -0.4 is 0 Å². The Labute approximate surface area is 64.5 Å². The molecule has 0 spiro atoms. The maximum atomic E-state index is 2.66. The van der Waals surface area contributed by atoms with Gasteiger partial charge in [0.25, 0.3) is 0 Å². The van der Waals surface area contributed by atoms with Crippen LogP contribution in [0.4, 0.5) is 0 Å². The van der Waals surface area contributed by atoms with Gasteiger partial charge in [-0.15, -0.1) is 0 Å². The zero-order valence-electron chi connectivity index (χ0n) is 7.36. The van der Waals surface area contributed by atoms with Gasteiger partial charge in [0.05, 0.1) is 0 Å². The van der Waals surface area contributed by atoms with Crippen molar-refractivity contribution in [3.05, 3.63) is 0 Å². The van der Waals surface area contributed by atoms with E-state index in [-0.39, 0.29) is 0 Å². The summed E-state index contributed by atoms with van der Waals surface area (Å²) < 4.78 is 10.1. The average molecular weight is 324 g/mol. The molecule has 0 saturated carbocycles. The molecular weight excluding hydrogens is 305 g/mol. The van der Waals surface area contributed by atoms with Crippen LogP contribution in [0.15, 0.2) is 0 Å². The van der Waals surface area contributed by atoms with Gasteiger partial charge in [0.2, 0.25) is 0 Å². The van der Waals surface area contributed by atoms with Crippen molar-refractivity contribution in [3.63, 3.8) is 0 Å². The predicted octanol–water partition coefficient (Wildman–Crippen LogP) is 2.16. The molecule has 0 heterocycles. The van der Waals surface area contributed by atoms with Gasteiger partial charge in [-0.3, -0.25) is 0 Å². The number of rotatable bonds is 3. The van der Waals surface area contributed by atoms with Crippen molar-refractivity contribution >= 4 is 21.5 Å². The Hall–Kier alpha value is 0.882. The first-order valence-corrected chi connectivity index (χ1v) is 17.2. The van der Waals surface area contributed by atoms with Crippen molar-refractivity contribution in [2.45, 2.75) is 27.3 Å². The van der Waals surface area contributed by atoms with E-state index in [1.165, 1.54) is 13.1 Å². The molecule has 0 saturated heterocycles. The topological polar surface area (TPSA) is 3.24 Å². The number of hydrogen-bond acceptors (Lipinski definition) is 1. The Morgan fingerprint density at radius 1 is 1.00 bits per heavy atom. The fourth-order valence-electron chi connectivity index (χ4n) is 1.17. The van der Waals surface area contributed by atoms with E-state index in [9.17, 15) is 0 Å². The summed E-state index contributed by atoms with van der Waals surface area (Å²) in [7, 11) is 0. The van der Waals surface area contributed by atoms with Crippen molar-refractivity contribution in [2.24, 2.45) is 0 Å². The maximum absolute atomic E-state index is 2.66. The van der Waals surface area contributed by atoms with E-state index in [0.717, 1.165) is 0 Å². The summed E-state index contributed by atoms with van der Waals surface area (Å²) in [6.45, 7) is 7.02. The summed E-state index contributed by atoms with van der Waals surface area (Å²) >= 11 is -1.74. The van der Waals surface area contributed by atoms with Gasteiger partial charge in [-0.2, -0.15) is 0 Å². The summed E-state index contributed by atoms with van der Waals surface area (Å²) in [5, 5.41) is 0. The quantitative estimate of drug-likeness (QED) is 0.719. The van der Waals surface area contributed by atoms with Gasteiger partial charge in [0.1, 0.15) is 0 Å². The summed E-state index contributed by atoms with van der Waals surface area (Å²) in [6, 6.07) is 0. The van der Waals surface area contributed by atoms with E-state index in [1.54, 1.807) is 0 Å². The third kappa shape index (κ3) is 3.55. The van der Waals surface area contributed by atoms with Crippen LogP contribution in [-0.2, 0) is 0 Å². The second kappa shape index (κ2) is 3.91. The molecule has 0 aromatic carbocycles. The Morgan fingerprint density at radius 2 is 1.33 bits per heavy atom. The molecule has 0 aliphatic carbocycles. The van der Waals surface area contributed by atoms with E-state index in [1.807, 2.05) is 0 Å². The Morgan fingerprint density at radius 3 is 1.33 bits per heavy atom. The zero-order valence-corrected chi connectivity index (χ0v) is 11.2. The predicted molar refractivity (Wildman–Crippen MR) is 46.3 cm³/mol. The van der Waals surface area contributed by atoms with Gasteiger partial charge < -0.3 is 0 Å². The second-order valence-electron chi connectivity index (χ2n) is 3.34. The summed E-state index contributed by atoms with van der Waals surface area (Å²) in [6.07, 6.45) is 0. The standard InChI is InChI=1S/C4H10N.3CH3.Pb/c1-3-5-4-2;;;;/h3-4H2,1-2H3;3*1H3;/q-1;;;;+1. The first kappa shape index (κ1) is 9.88. The second-order valence-corrected chi connectivity index (χ2v) is 22.7. The molecule has 0 N–H and O–H groups in total.